The number of nitrogens with one attached hydrogen (secondary N) is 2. The van der Waals surface area contributed by atoms with Gasteiger partial charge >= 0.3 is 0 Å². The highest BCUT2D eigenvalue weighted by atomic mass is 35.5. The average molecular weight is 285 g/mol. The van der Waals surface area contributed by atoms with Gasteiger partial charge in [0.15, 0.2) is 0 Å². The van der Waals surface area contributed by atoms with E-state index in [0.717, 1.165) is 25.9 Å². The van der Waals surface area contributed by atoms with Gasteiger partial charge in [0.05, 0.1) is 11.9 Å². The minimum atomic E-state index is -0.218. The molecule has 2 heterocycles. The molecule has 0 aromatic carbocycles. The molecule has 5 nitrogen and oxygen atoms in total. The van der Waals surface area contributed by atoms with E-state index in [4.69, 9.17) is 11.6 Å². The topological polar surface area (TPSA) is 59.0 Å². The Bertz CT molecular complexity index is 480. The Hall–Kier alpha value is -1.07. The monoisotopic (exact) mass is 284 g/mol. The third kappa shape index (κ3) is 3.70. The van der Waals surface area contributed by atoms with Crippen LogP contribution in [0, 0.1) is 5.92 Å². The number of halogens is 1. The molecule has 1 aliphatic rings. The van der Waals surface area contributed by atoms with E-state index >= 15 is 0 Å². The van der Waals surface area contributed by atoms with E-state index in [9.17, 15) is 4.79 Å². The Kier molecular flexibility index (Phi) is 4.82. The molecule has 1 unspecified atom stereocenters. The highest BCUT2D eigenvalue weighted by Gasteiger charge is 2.16. The molecule has 0 amide bonds. The summed E-state index contributed by atoms with van der Waals surface area (Å²) in [5, 5.41) is 11.0. The van der Waals surface area contributed by atoms with Crippen molar-refractivity contribution in [3.63, 3.8) is 0 Å². The lowest BCUT2D eigenvalue weighted by Gasteiger charge is -2.25. The van der Waals surface area contributed by atoms with E-state index in [1.165, 1.54) is 4.68 Å². The summed E-state index contributed by atoms with van der Waals surface area (Å²) in [5.74, 6) is 0.364. The molecule has 0 bridgehead atoms. The molecule has 2 N–H and O–H groups in total. The van der Waals surface area contributed by atoms with Crippen LogP contribution in [0.3, 0.4) is 0 Å². The van der Waals surface area contributed by atoms with Crippen molar-refractivity contribution in [2.45, 2.75) is 39.3 Å². The molecule has 6 heteroatoms. The Labute approximate surface area is 118 Å². The van der Waals surface area contributed by atoms with E-state index in [-0.39, 0.29) is 10.6 Å². The van der Waals surface area contributed by atoms with Crippen molar-refractivity contribution in [1.29, 1.82) is 0 Å². The maximum absolute atomic E-state index is 12.1. The smallest absolute Gasteiger partial charge is 0.287 e. The highest BCUT2D eigenvalue weighted by molar-refractivity contribution is 6.32. The average Bonchev–Trinajstić information content (AvgIpc) is 2.39. The zero-order valence-electron chi connectivity index (χ0n) is 11.4. The fourth-order valence-corrected chi connectivity index (χ4v) is 2.44. The largest absolute Gasteiger partial charge is 0.378 e. The summed E-state index contributed by atoms with van der Waals surface area (Å²) in [6.07, 6.45) is 3.87. The molecule has 19 heavy (non-hydrogen) atoms. The molecule has 2 rings (SSSR count). The van der Waals surface area contributed by atoms with Gasteiger partial charge < -0.3 is 10.6 Å². The minimum Gasteiger partial charge on any atom is -0.378 e. The van der Waals surface area contributed by atoms with Crippen molar-refractivity contribution in [3.05, 3.63) is 21.6 Å². The van der Waals surface area contributed by atoms with Gasteiger partial charge in [-0.3, -0.25) is 4.79 Å². The van der Waals surface area contributed by atoms with Gasteiger partial charge in [-0.15, -0.1) is 0 Å². The van der Waals surface area contributed by atoms with Gasteiger partial charge in [0.2, 0.25) is 0 Å². The van der Waals surface area contributed by atoms with E-state index in [1.807, 2.05) is 13.8 Å². The maximum atomic E-state index is 12.1. The second-order valence-electron chi connectivity index (χ2n) is 5.44. The van der Waals surface area contributed by atoms with Gasteiger partial charge in [0, 0.05) is 19.1 Å². The summed E-state index contributed by atoms with van der Waals surface area (Å²) in [4.78, 5) is 12.1. The van der Waals surface area contributed by atoms with Crippen LogP contribution in [0.25, 0.3) is 0 Å². The molecule has 106 valence electrons. The van der Waals surface area contributed by atoms with Crippen LogP contribution in [-0.2, 0) is 6.54 Å². The number of rotatable bonds is 4. The summed E-state index contributed by atoms with van der Waals surface area (Å²) >= 11 is 6.14. The van der Waals surface area contributed by atoms with Crippen molar-refractivity contribution in [3.8, 4) is 0 Å². The molecule has 0 radical (unpaired) electrons. The van der Waals surface area contributed by atoms with Crippen LogP contribution in [0.5, 0.6) is 0 Å². The standard InChI is InChI=1S/C13H21ClN4O/c1-9(2)8-18-13(19)12(14)11(7-16-18)17-10-4-3-5-15-6-10/h7,9-10,15,17H,3-6,8H2,1-2H3. The van der Waals surface area contributed by atoms with Crippen molar-refractivity contribution in [2.24, 2.45) is 5.92 Å². The minimum absolute atomic E-state index is 0.218. The van der Waals surface area contributed by atoms with E-state index in [0.29, 0.717) is 24.2 Å². The zero-order valence-corrected chi connectivity index (χ0v) is 12.2. The Morgan fingerprint density at radius 3 is 3.05 bits per heavy atom. The summed E-state index contributed by atoms with van der Waals surface area (Å²) in [7, 11) is 0. The first-order valence-electron chi connectivity index (χ1n) is 6.81. The number of nitrogens with zero attached hydrogens (tertiary/aromatic N) is 2. The van der Waals surface area contributed by atoms with Crippen LogP contribution >= 0.6 is 11.6 Å². The molecule has 1 aliphatic heterocycles. The van der Waals surface area contributed by atoms with Crippen LogP contribution in [0.2, 0.25) is 5.02 Å². The normalized spacial score (nSPS) is 19.7. The fraction of sp³-hybridized carbons (Fsp3) is 0.692. The predicted octanol–water partition coefficient (Wildman–Crippen LogP) is 1.72. The Morgan fingerprint density at radius 1 is 1.63 bits per heavy atom. The van der Waals surface area contributed by atoms with Crippen LogP contribution < -0.4 is 16.2 Å². The van der Waals surface area contributed by atoms with Crippen molar-refractivity contribution in [2.75, 3.05) is 18.4 Å². The third-order valence-corrected chi connectivity index (χ3v) is 3.54. The molecule has 1 aromatic heterocycles. The Morgan fingerprint density at radius 2 is 2.42 bits per heavy atom. The number of hydrogen-bond donors (Lipinski definition) is 2. The molecular formula is C13H21ClN4O. The molecule has 1 atom stereocenters. The van der Waals surface area contributed by atoms with Crippen molar-refractivity contribution < 1.29 is 0 Å². The van der Waals surface area contributed by atoms with Gasteiger partial charge in [-0.1, -0.05) is 25.4 Å². The molecule has 1 fully saturated rings. The summed E-state index contributed by atoms with van der Waals surface area (Å²) in [5.41, 5.74) is 0.421. The first-order chi connectivity index (χ1) is 9.08. The SMILES string of the molecule is CC(C)Cn1ncc(NC2CCCNC2)c(Cl)c1=O. The zero-order chi connectivity index (χ0) is 13.8. The van der Waals surface area contributed by atoms with Gasteiger partial charge in [0.25, 0.3) is 5.56 Å². The van der Waals surface area contributed by atoms with Crippen molar-refractivity contribution >= 4 is 17.3 Å². The second kappa shape index (κ2) is 6.39. The maximum Gasteiger partial charge on any atom is 0.287 e. The summed E-state index contributed by atoms with van der Waals surface area (Å²) in [6.45, 7) is 6.62. The van der Waals surface area contributed by atoms with Gasteiger partial charge in [-0.05, 0) is 25.3 Å². The van der Waals surface area contributed by atoms with Gasteiger partial charge in [-0.25, -0.2) is 4.68 Å². The first kappa shape index (κ1) is 14.3. The molecule has 0 spiro atoms. The predicted molar refractivity (Wildman–Crippen MR) is 77.9 cm³/mol. The number of anilines is 1. The lowest BCUT2D eigenvalue weighted by Crippen LogP contribution is -2.39. The quantitative estimate of drug-likeness (QED) is 0.884. The van der Waals surface area contributed by atoms with Crippen LogP contribution in [-0.4, -0.2) is 28.9 Å². The van der Waals surface area contributed by atoms with E-state index in [2.05, 4.69) is 15.7 Å². The molecule has 0 aliphatic carbocycles. The Balaban J connectivity index is 2.13. The fourth-order valence-electron chi connectivity index (χ4n) is 2.24. The summed E-state index contributed by atoms with van der Waals surface area (Å²) in [6, 6.07) is 0.313. The third-order valence-electron chi connectivity index (χ3n) is 3.18. The van der Waals surface area contributed by atoms with E-state index < -0.39 is 0 Å². The lowest BCUT2D eigenvalue weighted by molar-refractivity contribution is 0.462. The molecule has 0 saturated carbocycles. The lowest BCUT2D eigenvalue weighted by atomic mass is 10.1. The van der Waals surface area contributed by atoms with Crippen LogP contribution in [0.4, 0.5) is 5.69 Å². The van der Waals surface area contributed by atoms with E-state index in [1.54, 1.807) is 6.20 Å². The summed E-state index contributed by atoms with van der Waals surface area (Å²) < 4.78 is 1.43. The van der Waals surface area contributed by atoms with Crippen LogP contribution in [0.15, 0.2) is 11.0 Å². The highest BCUT2D eigenvalue weighted by Crippen LogP contribution is 2.18. The molecular weight excluding hydrogens is 264 g/mol. The van der Waals surface area contributed by atoms with Gasteiger partial charge in [0.1, 0.15) is 5.02 Å². The molecule has 1 aromatic rings. The number of hydrogen-bond acceptors (Lipinski definition) is 4. The van der Waals surface area contributed by atoms with Crippen LogP contribution in [0.1, 0.15) is 26.7 Å². The number of aromatic nitrogens is 2. The molecule has 1 saturated heterocycles. The first-order valence-corrected chi connectivity index (χ1v) is 7.18. The second-order valence-corrected chi connectivity index (χ2v) is 5.82. The van der Waals surface area contributed by atoms with Gasteiger partial charge in [-0.2, -0.15) is 5.10 Å². The number of piperidine rings is 1. The van der Waals surface area contributed by atoms with Crippen molar-refractivity contribution in [1.82, 2.24) is 15.1 Å².